The van der Waals surface area contributed by atoms with Gasteiger partial charge < -0.3 is 0 Å². The van der Waals surface area contributed by atoms with Gasteiger partial charge in [-0.15, -0.1) is 0 Å². The first-order chi connectivity index (χ1) is 8.02. The minimum Gasteiger partial charge on any atom is -0.185 e. The Morgan fingerprint density at radius 3 is 1.82 bits per heavy atom. The Balaban J connectivity index is 0.000000171. The molecule has 1 aliphatic rings. The molecule has 1 heterocycles. The molecule has 3 nitrogen and oxygen atoms in total. The van der Waals surface area contributed by atoms with Crippen molar-refractivity contribution in [2.75, 3.05) is 0 Å². The van der Waals surface area contributed by atoms with Crippen LogP contribution in [0.3, 0.4) is 0 Å². The summed E-state index contributed by atoms with van der Waals surface area (Å²) in [7, 11) is 4.06. The standard InChI is InChI=1S/C6H11I2N.C5H8N2.Pt/c7-9(8)6-4-2-1-3-5-6;1-6-3-4-7(2)5-6;/h6H,1-5H2;3-4H,1-2H3;. The van der Waals surface area contributed by atoms with Crippen LogP contribution >= 0.6 is 45.7 Å². The van der Waals surface area contributed by atoms with E-state index >= 15 is 0 Å². The van der Waals surface area contributed by atoms with Crippen LogP contribution in [0.4, 0.5) is 0 Å². The van der Waals surface area contributed by atoms with E-state index in [1.165, 1.54) is 35.9 Å². The number of hydrogen-bond acceptors (Lipinski definition) is 1. The molecule has 1 saturated carbocycles. The van der Waals surface area contributed by atoms with Crippen molar-refractivity contribution in [1.29, 1.82) is 0 Å². The van der Waals surface area contributed by atoms with E-state index in [0.717, 1.165) is 6.04 Å². The second kappa shape index (κ2) is 8.48. The molecule has 0 aromatic carbocycles. The Bertz CT molecular complexity index is 358. The van der Waals surface area contributed by atoms with Gasteiger partial charge in [-0.1, -0.05) is 19.3 Å². The molecule has 17 heavy (non-hydrogen) atoms. The van der Waals surface area contributed by atoms with Crippen LogP contribution in [0.2, 0.25) is 0 Å². The number of halogens is 2. The largest absolute Gasteiger partial charge is 0.185 e. The molecule has 0 N–H and O–H groups in total. The molecule has 0 amide bonds. The first-order valence-electron chi connectivity index (χ1n) is 5.76. The van der Waals surface area contributed by atoms with Crippen LogP contribution < -0.4 is 0 Å². The van der Waals surface area contributed by atoms with Crippen LogP contribution in [0, 0.1) is 3.80 Å². The first kappa shape index (κ1) is 16.4. The average molecular weight is 642 g/mol. The summed E-state index contributed by atoms with van der Waals surface area (Å²) in [5.74, 6) is 0. The molecule has 0 radical (unpaired) electrons. The van der Waals surface area contributed by atoms with Gasteiger partial charge in [0.15, 0.2) is 0 Å². The molecular formula is C11H19I2N3Pt. The monoisotopic (exact) mass is 642 g/mol. The molecule has 0 atom stereocenters. The third-order valence-electron chi connectivity index (χ3n) is 2.90. The number of nitrogens with zero attached hydrogens (tertiary/aromatic N) is 3. The smallest absolute Gasteiger partial charge is 0.0311 e. The molecule has 1 fully saturated rings. The summed E-state index contributed by atoms with van der Waals surface area (Å²) in [5.41, 5.74) is 0. The van der Waals surface area contributed by atoms with E-state index in [1.807, 2.05) is 26.5 Å². The predicted octanol–water partition coefficient (Wildman–Crippen LogP) is 3.76. The number of imidazole rings is 1. The third-order valence-corrected chi connectivity index (χ3v) is 6.08. The van der Waals surface area contributed by atoms with Gasteiger partial charge in [0.05, 0.1) is 0 Å². The van der Waals surface area contributed by atoms with Gasteiger partial charge in [-0.25, -0.2) is 0 Å². The molecule has 1 aliphatic carbocycles. The summed E-state index contributed by atoms with van der Waals surface area (Å²) in [5, 5.41) is 0. The fourth-order valence-corrected chi connectivity index (χ4v) is 3.29. The number of rotatable bonds is 1. The van der Waals surface area contributed by atoms with Gasteiger partial charge in [0, 0.05) is 51.8 Å². The van der Waals surface area contributed by atoms with E-state index in [1.54, 1.807) is 0 Å². The second-order valence-electron chi connectivity index (χ2n) is 4.31. The number of aromatic nitrogens is 2. The van der Waals surface area contributed by atoms with Crippen molar-refractivity contribution in [3.8, 4) is 0 Å². The Morgan fingerprint density at radius 1 is 1.12 bits per heavy atom. The topological polar surface area (TPSA) is 13.1 Å². The van der Waals surface area contributed by atoms with Crippen LogP contribution in [0.15, 0.2) is 12.4 Å². The van der Waals surface area contributed by atoms with E-state index in [4.69, 9.17) is 0 Å². The van der Waals surface area contributed by atoms with Gasteiger partial charge >= 0.3 is 58.8 Å². The second-order valence-corrected chi connectivity index (χ2v) is 9.25. The maximum absolute atomic E-state index is 2.38. The summed E-state index contributed by atoms with van der Waals surface area (Å²) >= 11 is 7.04. The van der Waals surface area contributed by atoms with E-state index in [-0.39, 0.29) is 0 Å². The zero-order valence-corrected chi connectivity index (χ0v) is 16.8. The molecule has 102 valence electrons. The minimum absolute atomic E-state index is 0.861. The maximum Gasteiger partial charge on any atom is 0.0311 e. The molecular weight excluding hydrogens is 623 g/mol. The van der Waals surface area contributed by atoms with Crippen molar-refractivity contribution in [3.63, 3.8) is 0 Å². The van der Waals surface area contributed by atoms with Gasteiger partial charge in [0.1, 0.15) is 0 Å². The Kier molecular flexibility index (Phi) is 8.17. The third kappa shape index (κ3) is 5.87. The first-order valence-corrected chi connectivity index (χ1v) is 8.83. The van der Waals surface area contributed by atoms with E-state index in [9.17, 15) is 0 Å². The van der Waals surface area contributed by atoms with Gasteiger partial charge in [0.25, 0.3) is 0 Å². The van der Waals surface area contributed by atoms with Crippen molar-refractivity contribution >= 4 is 45.7 Å². The normalized spacial score (nSPS) is 16.9. The Labute approximate surface area is 142 Å². The van der Waals surface area contributed by atoms with Crippen LogP contribution in [0.5, 0.6) is 0 Å². The molecule has 6 heteroatoms. The zero-order chi connectivity index (χ0) is 12.8. The molecule has 1 aromatic rings. The van der Waals surface area contributed by atoms with Crippen molar-refractivity contribution in [3.05, 3.63) is 16.2 Å². The van der Waals surface area contributed by atoms with Crippen LogP contribution in [-0.4, -0.2) is 16.5 Å². The van der Waals surface area contributed by atoms with Crippen molar-refractivity contribution in [2.24, 2.45) is 14.1 Å². The van der Waals surface area contributed by atoms with Gasteiger partial charge in [0.2, 0.25) is 0 Å². The SMILES string of the molecule is Cn1ccn(C)[c]1=[Pt].IN(I)C1CCCCC1. The molecule has 0 bridgehead atoms. The maximum atomic E-state index is 2.38. The van der Waals surface area contributed by atoms with Gasteiger partial charge in [-0.05, 0) is 12.8 Å². The summed E-state index contributed by atoms with van der Waals surface area (Å²) in [6, 6.07) is 0.861. The van der Waals surface area contributed by atoms with E-state index in [2.05, 4.69) is 75.5 Å². The Morgan fingerprint density at radius 2 is 1.59 bits per heavy atom. The van der Waals surface area contributed by atoms with Crippen molar-refractivity contribution < 1.29 is 19.4 Å². The molecule has 0 saturated heterocycles. The zero-order valence-electron chi connectivity index (χ0n) is 10.2. The predicted molar refractivity (Wildman–Crippen MR) is 84.4 cm³/mol. The van der Waals surface area contributed by atoms with Gasteiger partial charge in [-0.3, -0.25) is 0 Å². The van der Waals surface area contributed by atoms with Crippen LogP contribution in [0.25, 0.3) is 0 Å². The molecule has 1 aromatic heterocycles. The molecule has 0 unspecified atom stereocenters. The average Bonchev–Trinajstić information content (AvgIpc) is 2.62. The summed E-state index contributed by atoms with van der Waals surface area (Å²) < 4.78 is 7.68. The summed E-state index contributed by atoms with van der Waals surface area (Å²) in [6.07, 6.45) is 11.2. The summed E-state index contributed by atoms with van der Waals surface area (Å²) in [4.78, 5) is 0. The van der Waals surface area contributed by atoms with Crippen LogP contribution in [0.1, 0.15) is 32.1 Å². The fraction of sp³-hybridized carbons (Fsp3) is 0.727. The minimum atomic E-state index is 0.861. The molecule has 0 aliphatic heterocycles. The van der Waals surface area contributed by atoms with Gasteiger partial charge in [-0.2, -0.15) is 1.33 Å². The van der Waals surface area contributed by atoms with Crippen molar-refractivity contribution in [1.82, 2.24) is 10.5 Å². The number of hydrogen-bond donors (Lipinski definition) is 0. The molecule has 2 rings (SSSR count). The van der Waals surface area contributed by atoms with E-state index in [0.29, 0.717) is 0 Å². The molecule has 0 spiro atoms. The Hall–Kier alpha value is 1.32. The fourth-order valence-electron chi connectivity index (χ4n) is 1.84. The van der Waals surface area contributed by atoms with Crippen molar-refractivity contribution in [2.45, 2.75) is 38.1 Å². The van der Waals surface area contributed by atoms with E-state index < -0.39 is 0 Å². The quantitative estimate of drug-likeness (QED) is 0.336. The van der Waals surface area contributed by atoms with Crippen LogP contribution in [-0.2, 0) is 33.4 Å². The summed E-state index contributed by atoms with van der Waals surface area (Å²) in [6.45, 7) is 0. The number of aryl methyl sites for hydroxylation is 2.